The molecular formula is C24H34N2O4. The van der Waals surface area contributed by atoms with Gasteiger partial charge >= 0.3 is 6.09 Å². The number of rotatable bonds is 9. The van der Waals surface area contributed by atoms with Gasteiger partial charge in [0, 0.05) is 6.54 Å². The Kier molecular flexibility index (Phi) is 8.69. The van der Waals surface area contributed by atoms with E-state index >= 15 is 0 Å². The molecule has 0 aliphatic heterocycles. The van der Waals surface area contributed by atoms with Gasteiger partial charge in [-0.15, -0.1) is 0 Å². The number of hydrogen-bond donors (Lipinski definition) is 2. The summed E-state index contributed by atoms with van der Waals surface area (Å²) < 4.78 is 11.2. The topological polar surface area (TPSA) is 71.0 Å². The minimum Gasteiger partial charge on any atom is -0.489 e. The molecule has 164 valence electrons. The highest BCUT2D eigenvalue weighted by Crippen LogP contribution is 2.17. The SMILES string of the molecule is CN(C)C[C@@H](O)[C@H](Cc1ccc(OCc2ccccc2)cc1)NC(=O)OC(C)(C)C. The quantitative estimate of drug-likeness (QED) is 0.656. The number of alkyl carbamates (subject to hydrolysis) is 1. The van der Waals surface area contributed by atoms with Gasteiger partial charge in [0.15, 0.2) is 0 Å². The van der Waals surface area contributed by atoms with Crippen LogP contribution in [0.25, 0.3) is 0 Å². The van der Waals surface area contributed by atoms with E-state index in [4.69, 9.17) is 9.47 Å². The smallest absolute Gasteiger partial charge is 0.407 e. The summed E-state index contributed by atoms with van der Waals surface area (Å²) in [5.41, 5.74) is 1.50. The number of benzene rings is 2. The Morgan fingerprint density at radius 1 is 1.03 bits per heavy atom. The first-order valence-electron chi connectivity index (χ1n) is 10.2. The van der Waals surface area contributed by atoms with Crippen LogP contribution in [0.15, 0.2) is 54.6 Å². The summed E-state index contributed by atoms with van der Waals surface area (Å²) in [5.74, 6) is 0.771. The molecule has 1 amide bonds. The molecule has 0 bridgehead atoms. The zero-order valence-electron chi connectivity index (χ0n) is 18.6. The van der Waals surface area contributed by atoms with Gasteiger partial charge in [0.1, 0.15) is 18.0 Å². The lowest BCUT2D eigenvalue weighted by molar-refractivity contribution is 0.0391. The van der Waals surface area contributed by atoms with Gasteiger partial charge in [0.25, 0.3) is 0 Å². The molecule has 0 aliphatic rings. The van der Waals surface area contributed by atoms with Crippen LogP contribution >= 0.6 is 0 Å². The molecule has 2 aromatic rings. The molecule has 0 unspecified atom stereocenters. The Hall–Kier alpha value is -2.57. The third kappa shape index (κ3) is 8.84. The average molecular weight is 415 g/mol. The summed E-state index contributed by atoms with van der Waals surface area (Å²) in [4.78, 5) is 14.1. The Morgan fingerprint density at radius 3 is 2.23 bits per heavy atom. The van der Waals surface area contributed by atoms with Gasteiger partial charge in [-0.05, 0) is 64.5 Å². The number of carbonyl (C=O) groups excluding carboxylic acids is 1. The predicted molar refractivity (Wildman–Crippen MR) is 119 cm³/mol. The fourth-order valence-electron chi connectivity index (χ4n) is 2.96. The summed E-state index contributed by atoms with van der Waals surface area (Å²) in [7, 11) is 3.76. The average Bonchev–Trinajstić information content (AvgIpc) is 2.65. The van der Waals surface area contributed by atoms with E-state index < -0.39 is 23.8 Å². The molecule has 0 saturated heterocycles. The zero-order chi connectivity index (χ0) is 22.1. The molecule has 2 atom stereocenters. The van der Waals surface area contributed by atoms with Crippen molar-refractivity contribution in [2.45, 2.75) is 51.5 Å². The Morgan fingerprint density at radius 2 is 1.67 bits per heavy atom. The van der Waals surface area contributed by atoms with Crippen LogP contribution < -0.4 is 10.1 Å². The second-order valence-electron chi connectivity index (χ2n) is 8.70. The van der Waals surface area contributed by atoms with E-state index in [0.717, 1.165) is 16.9 Å². The third-order valence-corrected chi connectivity index (χ3v) is 4.35. The highest BCUT2D eigenvalue weighted by molar-refractivity contribution is 5.68. The molecule has 6 nitrogen and oxygen atoms in total. The number of hydrogen-bond acceptors (Lipinski definition) is 5. The van der Waals surface area contributed by atoms with E-state index in [1.807, 2.05) is 94.4 Å². The fraction of sp³-hybridized carbons (Fsp3) is 0.458. The molecule has 0 radical (unpaired) electrons. The first kappa shape index (κ1) is 23.7. The molecule has 2 N–H and O–H groups in total. The lowest BCUT2D eigenvalue weighted by Crippen LogP contribution is -2.49. The van der Waals surface area contributed by atoms with Gasteiger partial charge in [-0.1, -0.05) is 42.5 Å². The van der Waals surface area contributed by atoms with Crippen LogP contribution in [0.1, 0.15) is 31.9 Å². The van der Waals surface area contributed by atoms with Crippen LogP contribution in [-0.2, 0) is 17.8 Å². The number of ether oxygens (including phenoxy) is 2. The van der Waals surface area contributed by atoms with Crippen molar-refractivity contribution in [3.05, 3.63) is 65.7 Å². The number of amides is 1. The van der Waals surface area contributed by atoms with E-state index in [2.05, 4.69) is 5.32 Å². The first-order chi connectivity index (χ1) is 14.1. The lowest BCUT2D eigenvalue weighted by atomic mass is 10.0. The molecule has 0 fully saturated rings. The van der Waals surface area contributed by atoms with E-state index in [-0.39, 0.29) is 0 Å². The Labute approximate surface area is 179 Å². The summed E-state index contributed by atoms with van der Waals surface area (Å²) in [6.07, 6.45) is -0.789. The third-order valence-electron chi connectivity index (χ3n) is 4.35. The fourth-order valence-corrected chi connectivity index (χ4v) is 2.96. The van der Waals surface area contributed by atoms with Crippen LogP contribution in [0.4, 0.5) is 4.79 Å². The first-order valence-corrected chi connectivity index (χ1v) is 10.2. The van der Waals surface area contributed by atoms with Crippen molar-refractivity contribution in [3.63, 3.8) is 0 Å². The van der Waals surface area contributed by atoms with Gasteiger partial charge in [-0.3, -0.25) is 0 Å². The zero-order valence-corrected chi connectivity index (χ0v) is 18.6. The molecule has 2 rings (SSSR count). The number of aliphatic hydroxyl groups is 1. The minimum atomic E-state index is -0.735. The van der Waals surface area contributed by atoms with Gasteiger partial charge in [0.2, 0.25) is 0 Å². The number of carbonyl (C=O) groups is 1. The molecule has 2 aromatic carbocycles. The summed E-state index contributed by atoms with van der Waals surface area (Å²) >= 11 is 0. The second kappa shape index (κ2) is 11.0. The monoisotopic (exact) mass is 414 g/mol. The van der Waals surface area contributed by atoms with Crippen molar-refractivity contribution in [3.8, 4) is 5.75 Å². The van der Waals surface area contributed by atoms with Gasteiger partial charge < -0.3 is 24.8 Å². The predicted octanol–water partition coefficient (Wildman–Crippen LogP) is 3.62. The van der Waals surface area contributed by atoms with Crippen molar-refractivity contribution >= 4 is 6.09 Å². The van der Waals surface area contributed by atoms with Crippen molar-refractivity contribution in [2.75, 3.05) is 20.6 Å². The summed E-state index contributed by atoms with van der Waals surface area (Å²) in [5, 5.41) is 13.4. The molecule has 0 heterocycles. The van der Waals surface area contributed by atoms with Crippen LogP contribution in [0.3, 0.4) is 0 Å². The van der Waals surface area contributed by atoms with Gasteiger partial charge in [-0.2, -0.15) is 0 Å². The Bertz CT molecular complexity index is 770. The van der Waals surface area contributed by atoms with Crippen molar-refractivity contribution in [1.82, 2.24) is 10.2 Å². The number of nitrogens with one attached hydrogen (secondary N) is 1. The Balaban J connectivity index is 2.00. The van der Waals surface area contributed by atoms with Crippen LogP contribution in [-0.4, -0.2) is 54.5 Å². The second-order valence-corrected chi connectivity index (χ2v) is 8.70. The van der Waals surface area contributed by atoms with Crippen LogP contribution in [0, 0.1) is 0 Å². The van der Waals surface area contributed by atoms with Crippen LogP contribution in [0.5, 0.6) is 5.75 Å². The largest absolute Gasteiger partial charge is 0.489 e. The molecule has 30 heavy (non-hydrogen) atoms. The maximum absolute atomic E-state index is 12.2. The van der Waals surface area contributed by atoms with Gasteiger partial charge in [-0.25, -0.2) is 4.79 Å². The molecular weight excluding hydrogens is 380 g/mol. The molecule has 0 aliphatic carbocycles. The number of nitrogens with zero attached hydrogens (tertiary/aromatic N) is 1. The molecule has 0 spiro atoms. The molecule has 0 aromatic heterocycles. The van der Waals surface area contributed by atoms with Gasteiger partial charge in [0.05, 0.1) is 12.1 Å². The van der Waals surface area contributed by atoms with Crippen molar-refractivity contribution in [2.24, 2.45) is 0 Å². The summed E-state index contributed by atoms with van der Waals surface area (Å²) in [6.45, 7) is 6.37. The van der Waals surface area contributed by atoms with Crippen molar-refractivity contribution in [1.29, 1.82) is 0 Å². The number of aliphatic hydroxyl groups excluding tert-OH is 1. The van der Waals surface area contributed by atoms with E-state index in [9.17, 15) is 9.90 Å². The maximum Gasteiger partial charge on any atom is 0.407 e. The number of likely N-dealkylation sites (N-methyl/N-ethyl adjacent to an activating group) is 1. The standard InChI is InChI=1S/C24H34N2O4/c1-24(2,3)30-23(28)25-21(22(27)16-26(4)5)15-18-11-13-20(14-12-18)29-17-19-9-7-6-8-10-19/h6-14,21-22,27H,15-17H2,1-5H3,(H,25,28)/t21-,22+/m0/s1. The normalized spacial score (nSPS) is 13.6. The van der Waals surface area contributed by atoms with E-state index in [1.54, 1.807) is 0 Å². The lowest BCUT2D eigenvalue weighted by Gasteiger charge is -2.28. The van der Waals surface area contributed by atoms with Crippen LogP contribution in [0.2, 0.25) is 0 Å². The molecule has 0 saturated carbocycles. The summed E-state index contributed by atoms with van der Waals surface area (Å²) in [6, 6.07) is 17.2. The van der Waals surface area contributed by atoms with E-state index in [0.29, 0.717) is 19.6 Å². The molecule has 6 heteroatoms. The van der Waals surface area contributed by atoms with Crippen molar-refractivity contribution < 1.29 is 19.4 Å². The minimum absolute atomic E-state index is 0.429. The highest BCUT2D eigenvalue weighted by Gasteiger charge is 2.25. The maximum atomic E-state index is 12.2. The van der Waals surface area contributed by atoms with E-state index in [1.165, 1.54) is 0 Å². The highest BCUT2D eigenvalue weighted by atomic mass is 16.6.